The van der Waals surface area contributed by atoms with E-state index in [0.29, 0.717) is 12.6 Å². The Labute approximate surface area is 132 Å². The molecule has 0 heterocycles. The fraction of sp³-hybridized carbons (Fsp3) is 0.588. The minimum atomic E-state index is 0.223. The summed E-state index contributed by atoms with van der Waals surface area (Å²) in [6.45, 7) is 3.29. The first-order valence-electron chi connectivity index (χ1n) is 7.92. The molecule has 0 spiro atoms. The number of carbonyl (C=O) groups is 1. The number of likely N-dealkylation sites (N-methyl/N-ethyl adjacent to an activating group) is 1. The van der Waals surface area contributed by atoms with Crippen LogP contribution >= 0.6 is 11.8 Å². The van der Waals surface area contributed by atoms with E-state index in [9.17, 15) is 4.79 Å². The molecule has 21 heavy (non-hydrogen) atoms. The molecule has 0 radical (unpaired) electrons. The van der Waals surface area contributed by atoms with Gasteiger partial charge >= 0.3 is 0 Å². The largest absolute Gasteiger partial charge is 0.375 e. The number of para-hydroxylation sites is 1. The Morgan fingerprint density at radius 3 is 2.67 bits per heavy atom. The van der Waals surface area contributed by atoms with Gasteiger partial charge in [-0.15, -0.1) is 11.8 Å². The Hall–Kier alpha value is -1.16. The van der Waals surface area contributed by atoms with Gasteiger partial charge in [-0.3, -0.25) is 4.79 Å². The highest BCUT2D eigenvalue weighted by molar-refractivity contribution is 7.98. The summed E-state index contributed by atoms with van der Waals surface area (Å²) in [4.78, 5) is 15.8. The van der Waals surface area contributed by atoms with Crippen molar-refractivity contribution >= 4 is 23.4 Å². The number of carbonyl (C=O) groups excluding carboxylic acids is 1. The van der Waals surface area contributed by atoms with Gasteiger partial charge in [0.05, 0.1) is 6.54 Å². The zero-order chi connectivity index (χ0) is 15.1. The molecule has 0 unspecified atom stereocenters. The summed E-state index contributed by atoms with van der Waals surface area (Å²) in [5.74, 6) is 0.223. The Kier molecular flexibility index (Phi) is 6.43. The molecule has 0 aromatic heterocycles. The van der Waals surface area contributed by atoms with Gasteiger partial charge in [-0.2, -0.15) is 0 Å². The molecule has 1 N–H and O–H groups in total. The van der Waals surface area contributed by atoms with Gasteiger partial charge in [0.1, 0.15) is 0 Å². The number of hydrogen-bond donors (Lipinski definition) is 1. The predicted molar refractivity (Wildman–Crippen MR) is 91.0 cm³/mol. The number of nitrogens with zero attached hydrogens (tertiary/aromatic N) is 1. The maximum atomic E-state index is 12.5. The summed E-state index contributed by atoms with van der Waals surface area (Å²) in [5, 5.41) is 3.31. The maximum Gasteiger partial charge on any atom is 0.242 e. The Bertz CT molecular complexity index is 458. The Morgan fingerprint density at radius 1 is 1.29 bits per heavy atom. The van der Waals surface area contributed by atoms with Gasteiger partial charge in [-0.05, 0) is 38.2 Å². The number of amides is 1. The van der Waals surface area contributed by atoms with Gasteiger partial charge in [0.15, 0.2) is 0 Å². The first-order valence-corrected chi connectivity index (χ1v) is 9.15. The summed E-state index contributed by atoms with van der Waals surface area (Å²) >= 11 is 1.70. The van der Waals surface area contributed by atoms with Crippen LogP contribution in [0.3, 0.4) is 0 Å². The minimum Gasteiger partial charge on any atom is -0.375 e. The standard InChI is InChI=1S/C17H26N2OS/c1-3-19(14-9-5-4-6-10-14)17(20)13-18-15-11-7-8-12-16(15)21-2/h7-8,11-12,14,18H,3-6,9-10,13H2,1-2H3. The van der Waals surface area contributed by atoms with Crippen molar-refractivity contribution < 1.29 is 4.79 Å². The van der Waals surface area contributed by atoms with E-state index in [2.05, 4.69) is 29.5 Å². The third kappa shape index (κ3) is 4.40. The zero-order valence-electron chi connectivity index (χ0n) is 13.1. The predicted octanol–water partition coefficient (Wildman–Crippen LogP) is 4.00. The second kappa shape index (κ2) is 8.32. The maximum absolute atomic E-state index is 12.5. The van der Waals surface area contributed by atoms with Crippen LogP contribution in [0.5, 0.6) is 0 Å². The van der Waals surface area contributed by atoms with Crippen LogP contribution in [0.25, 0.3) is 0 Å². The van der Waals surface area contributed by atoms with Gasteiger partial charge in [0.2, 0.25) is 5.91 Å². The molecule has 1 aliphatic carbocycles. The fourth-order valence-corrected chi connectivity index (χ4v) is 3.67. The van der Waals surface area contributed by atoms with Crippen molar-refractivity contribution in [1.82, 2.24) is 4.90 Å². The van der Waals surface area contributed by atoms with Crippen LogP contribution in [-0.4, -0.2) is 36.2 Å². The van der Waals surface area contributed by atoms with E-state index in [-0.39, 0.29) is 5.91 Å². The molecule has 3 nitrogen and oxygen atoms in total. The molecule has 2 rings (SSSR count). The van der Waals surface area contributed by atoms with Gasteiger partial charge in [0.25, 0.3) is 0 Å². The molecular formula is C17H26N2OS. The Morgan fingerprint density at radius 2 is 2.00 bits per heavy atom. The third-order valence-electron chi connectivity index (χ3n) is 4.21. The highest BCUT2D eigenvalue weighted by Gasteiger charge is 2.23. The molecule has 1 fully saturated rings. The topological polar surface area (TPSA) is 32.3 Å². The van der Waals surface area contributed by atoms with Crippen LogP contribution in [0, 0.1) is 0 Å². The van der Waals surface area contributed by atoms with E-state index < -0.39 is 0 Å². The highest BCUT2D eigenvalue weighted by atomic mass is 32.2. The molecule has 1 saturated carbocycles. The van der Waals surface area contributed by atoms with Crippen LogP contribution in [0.2, 0.25) is 0 Å². The van der Waals surface area contributed by atoms with Crippen molar-refractivity contribution in [2.24, 2.45) is 0 Å². The lowest BCUT2D eigenvalue weighted by Gasteiger charge is -2.33. The van der Waals surface area contributed by atoms with E-state index in [1.807, 2.05) is 18.2 Å². The minimum absolute atomic E-state index is 0.223. The van der Waals surface area contributed by atoms with Crippen LogP contribution in [0.15, 0.2) is 29.2 Å². The van der Waals surface area contributed by atoms with Crippen molar-refractivity contribution in [3.8, 4) is 0 Å². The second-order valence-corrected chi connectivity index (χ2v) is 6.37. The SMILES string of the molecule is CCN(C(=O)CNc1ccccc1SC)C1CCCCC1. The molecule has 0 atom stereocenters. The van der Waals surface area contributed by atoms with Crippen LogP contribution in [0.4, 0.5) is 5.69 Å². The smallest absolute Gasteiger partial charge is 0.242 e. The lowest BCUT2D eigenvalue weighted by Crippen LogP contribution is -2.43. The summed E-state index contributed by atoms with van der Waals surface area (Å²) in [6, 6.07) is 8.60. The first kappa shape index (κ1) is 16.2. The lowest BCUT2D eigenvalue weighted by atomic mass is 9.94. The number of hydrogen-bond acceptors (Lipinski definition) is 3. The normalized spacial score (nSPS) is 15.7. The Balaban J connectivity index is 1.93. The molecule has 0 bridgehead atoms. The lowest BCUT2D eigenvalue weighted by molar-refractivity contribution is -0.132. The fourth-order valence-electron chi connectivity index (χ4n) is 3.09. The molecule has 116 valence electrons. The van der Waals surface area contributed by atoms with E-state index in [0.717, 1.165) is 12.2 Å². The molecule has 1 aromatic rings. The van der Waals surface area contributed by atoms with Crippen molar-refractivity contribution in [2.75, 3.05) is 24.7 Å². The molecule has 4 heteroatoms. The van der Waals surface area contributed by atoms with Gasteiger partial charge in [-0.1, -0.05) is 31.4 Å². The monoisotopic (exact) mass is 306 g/mol. The number of nitrogens with one attached hydrogen (secondary N) is 1. The molecule has 1 aromatic carbocycles. The van der Waals surface area contributed by atoms with Crippen molar-refractivity contribution in [2.45, 2.75) is 50.0 Å². The van der Waals surface area contributed by atoms with E-state index in [1.54, 1.807) is 11.8 Å². The van der Waals surface area contributed by atoms with Gasteiger partial charge < -0.3 is 10.2 Å². The molecule has 1 aliphatic rings. The van der Waals surface area contributed by atoms with Gasteiger partial charge in [-0.25, -0.2) is 0 Å². The second-order valence-electron chi connectivity index (χ2n) is 5.53. The van der Waals surface area contributed by atoms with Crippen molar-refractivity contribution in [3.05, 3.63) is 24.3 Å². The number of thioether (sulfide) groups is 1. The molecule has 1 amide bonds. The summed E-state index contributed by atoms with van der Waals surface area (Å²) in [5.41, 5.74) is 1.05. The van der Waals surface area contributed by atoms with E-state index >= 15 is 0 Å². The van der Waals surface area contributed by atoms with E-state index in [4.69, 9.17) is 0 Å². The summed E-state index contributed by atoms with van der Waals surface area (Å²) in [6.07, 6.45) is 8.24. The van der Waals surface area contributed by atoms with Crippen LogP contribution < -0.4 is 5.32 Å². The highest BCUT2D eigenvalue weighted by Crippen LogP contribution is 2.25. The number of benzene rings is 1. The zero-order valence-corrected chi connectivity index (χ0v) is 13.9. The average Bonchev–Trinajstić information content (AvgIpc) is 2.55. The summed E-state index contributed by atoms with van der Waals surface area (Å²) < 4.78 is 0. The molecule has 0 aliphatic heterocycles. The van der Waals surface area contributed by atoms with E-state index in [1.165, 1.54) is 37.0 Å². The quantitative estimate of drug-likeness (QED) is 0.806. The van der Waals surface area contributed by atoms with Crippen molar-refractivity contribution in [1.29, 1.82) is 0 Å². The summed E-state index contributed by atoms with van der Waals surface area (Å²) in [7, 11) is 0. The number of rotatable bonds is 6. The third-order valence-corrected chi connectivity index (χ3v) is 5.01. The van der Waals surface area contributed by atoms with Crippen LogP contribution in [-0.2, 0) is 4.79 Å². The molecular weight excluding hydrogens is 280 g/mol. The van der Waals surface area contributed by atoms with Crippen molar-refractivity contribution in [3.63, 3.8) is 0 Å². The number of anilines is 1. The van der Waals surface area contributed by atoms with Crippen LogP contribution in [0.1, 0.15) is 39.0 Å². The first-order chi connectivity index (χ1) is 10.3. The molecule has 0 saturated heterocycles. The van der Waals surface area contributed by atoms with Gasteiger partial charge in [0, 0.05) is 23.2 Å². The average molecular weight is 306 g/mol.